The maximum atomic E-state index is 10.6. The van der Waals surface area contributed by atoms with E-state index in [-0.39, 0.29) is 6.10 Å². The van der Waals surface area contributed by atoms with Gasteiger partial charge in [-0.2, -0.15) is 17.5 Å². The van der Waals surface area contributed by atoms with Gasteiger partial charge in [-0.15, -0.1) is 0 Å². The SMILES string of the molecule is Nc1ncc([C@@H]2CC[C@H](Oc3nscc3C3CC3)C2)cn1.O=C(O)C(F)(F)F. The number of aliphatic carboxylic acids is 1. The summed E-state index contributed by atoms with van der Waals surface area (Å²) >= 11 is 1.51. The number of aromatic nitrogens is 3. The Kier molecular flexibility index (Phi) is 6.01. The highest BCUT2D eigenvalue weighted by atomic mass is 32.1. The molecule has 2 saturated carbocycles. The van der Waals surface area contributed by atoms with E-state index < -0.39 is 12.1 Å². The van der Waals surface area contributed by atoms with Gasteiger partial charge in [0.2, 0.25) is 11.8 Å². The van der Waals surface area contributed by atoms with Gasteiger partial charge in [0.15, 0.2) is 0 Å². The van der Waals surface area contributed by atoms with Gasteiger partial charge >= 0.3 is 12.1 Å². The number of anilines is 1. The van der Waals surface area contributed by atoms with Gasteiger partial charge < -0.3 is 15.6 Å². The van der Waals surface area contributed by atoms with Crippen molar-refractivity contribution in [3.8, 4) is 5.88 Å². The number of carboxylic acids is 1. The molecule has 7 nitrogen and oxygen atoms in total. The van der Waals surface area contributed by atoms with Crippen LogP contribution in [0.3, 0.4) is 0 Å². The molecule has 0 spiro atoms. The Morgan fingerprint density at radius 3 is 2.36 bits per heavy atom. The number of carboxylic acid groups (broad SMARTS) is 1. The van der Waals surface area contributed by atoms with Crippen molar-refractivity contribution in [2.24, 2.45) is 0 Å². The molecule has 0 bridgehead atoms. The molecule has 3 N–H and O–H groups in total. The second-order valence-electron chi connectivity index (χ2n) is 6.78. The maximum Gasteiger partial charge on any atom is 0.490 e. The fourth-order valence-corrected chi connectivity index (χ4v) is 3.76. The first-order chi connectivity index (χ1) is 13.2. The van der Waals surface area contributed by atoms with Crippen LogP contribution in [0.25, 0.3) is 0 Å². The van der Waals surface area contributed by atoms with Crippen LogP contribution < -0.4 is 10.5 Å². The number of nitrogen functional groups attached to an aromatic ring is 1. The van der Waals surface area contributed by atoms with Crippen LogP contribution in [-0.2, 0) is 4.79 Å². The Labute approximate surface area is 162 Å². The normalized spacial score (nSPS) is 21.7. The first-order valence-electron chi connectivity index (χ1n) is 8.72. The van der Waals surface area contributed by atoms with E-state index >= 15 is 0 Å². The molecule has 4 rings (SSSR count). The monoisotopic (exact) mass is 416 g/mol. The number of alkyl halides is 3. The minimum atomic E-state index is -5.08. The van der Waals surface area contributed by atoms with E-state index in [0.29, 0.717) is 17.8 Å². The van der Waals surface area contributed by atoms with Gasteiger partial charge in [0.05, 0.1) is 0 Å². The number of carbonyl (C=O) groups is 1. The minimum Gasteiger partial charge on any atom is -0.475 e. The molecule has 0 saturated heterocycles. The lowest BCUT2D eigenvalue weighted by Crippen LogP contribution is -2.21. The van der Waals surface area contributed by atoms with Crippen molar-refractivity contribution in [2.75, 3.05) is 5.73 Å². The van der Waals surface area contributed by atoms with Gasteiger partial charge in [-0.3, -0.25) is 0 Å². The van der Waals surface area contributed by atoms with Crippen LogP contribution in [0.5, 0.6) is 5.88 Å². The van der Waals surface area contributed by atoms with Crippen molar-refractivity contribution in [1.29, 1.82) is 0 Å². The summed E-state index contributed by atoms with van der Waals surface area (Å²) in [5.74, 6) is -0.379. The third kappa shape index (κ3) is 5.31. The highest BCUT2D eigenvalue weighted by molar-refractivity contribution is 7.03. The van der Waals surface area contributed by atoms with Crippen molar-refractivity contribution in [3.05, 3.63) is 28.9 Å². The second-order valence-corrected chi connectivity index (χ2v) is 7.41. The van der Waals surface area contributed by atoms with E-state index in [0.717, 1.165) is 30.7 Å². The predicted molar refractivity (Wildman–Crippen MR) is 95.2 cm³/mol. The van der Waals surface area contributed by atoms with Crippen molar-refractivity contribution in [2.45, 2.75) is 56.2 Å². The van der Waals surface area contributed by atoms with Crippen LogP contribution in [-0.4, -0.2) is 37.7 Å². The van der Waals surface area contributed by atoms with Gasteiger partial charge in [-0.1, -0.05) is 0 Å². The standard InChI is InChI=1S/C15H18N4OS.C2HF3O2/c16-15-17-6-11(7-18-15)10-3-4-12(5-10)20-14-13(8-21-19-14)9-1-2-9;3-2(4,5)1(6)7/h6-10,12H,1-5H2,(H2,16,17,18);(H,6,7)/t10-,12+;/m1./s1. The molecule has 0 amide bonds. The zero-order valence-corrected chi connectivity index (χ0v) is 15.5. The number of nitrogens with zero attached hydrogens (tertiary/aromatic N) is 3. The quantitative estimate of drug-likeness (QED) is 0.781. The zero-order chi connectivity index (χ0) is 20.3. The summed E-state index contributed by atoms with van der Waals surface area (Å²) in [6.45, 7) is 0. The number of nitrogens with two attached hydrogens (primary N) is 1. The van der Waals surface area contributed by atoms with Gasteiger partial charge in [0.1, 0.15) is 6.10 Å². The summed E-state index contributed by atoms with van der Waals surface area (Å²) < 4.78 is 42.3. The molecule has 0 aromatic carbocycles. The van der Waals surface area contributed by atoms with Crippen molar-refractivity contribution in [3.63, 3.8) is 0 Å². The fourth-order valence-electron chi connectivity index (χ4n) is 3.06. The summed E-state index contributed by atoms with van der Waals surface area (Å²) in [5.41, 5.74) is 8.02. The molecule has 2 atom stereocenters. The number of hydrogen-bond donors (Lipinski definition) is 2. The third-order valence-electron chi connectivity index (χ3n) is 4.65. The van der Waals surface area contributed by atoms with E-state index in [1.54, 1.807) is 0 Å². The molecule has 2 aromatic heterocycles. The second kappa shape index (κ2) is 8.29. The Balaban J connectivity index is 0.000000279. The van der Waals surface area contributed by atoms with Crippen LogP contribution in [0.15, 0.2) is 17.8 Å². The zero-order valence-electron chi connectivity index (χ0n) is 14.7. The van der Waals surface area contributed by atoms with Crippen LogP contribution in [0.2, 0.25) is 0 Å². The molecule has 28 heavy (non-hydrogen) atoms. The van der Waals surface area contributed by atoms with Gasteiger partial charge in [-0.25, -0.2) is 14.8 Å². The van der Waals surface area contributed by atoms with Crippen molar-refractivity contribution >= 4 is 23.5 Å². The topological polar surface area (TPSA) is 111 Å². The summed E-state index contributed by atoms with van der Waals surface area (Å²) in [6, 6.07) is 0. The molecule has 0 unspecified atom stereocenters. The minimum absolute atomic E-state index is 0.257. The van der Waals surface area contributed by atoms with Gasteiger partial charge in [0.25, 0.3) is 0 Å². The molecule has 2 aliphatic rings. The lowest BCUT2D eigenvalue weighted by Gasteiger charge is -2.13. The molecule has 2 heterocycles. The Morgan fingerprint density at radius 1 is 1.18 bits per heavy atom. The Hall–Kier alpha value is -2.43. The maximum absolute atomic E-state index is 10.6. The first kappa shape index (κ1) is 20.3. The molecule has 2 fully saturated rings. The van der Waals surface area contributed by atoms with E-state index in [9.17, 15) is 13.2 Å². The molecule has 11 heteroatoms. The van der Waals surface area contributed by atoms with Crippen LogP contribution >= 0.6 is 11.5 Å². The van der Waals surface area contributed by atoms with Crippen molar-refractivity contribution in [1.82, 2.24) is 14.3 Å². The van der Waals surface area contributed by atoms with E-state index in [2.05, 4.69) is 19.7 Å². The average Bonchev–Trinajstić information content (AvgIpc) is 3.19. The molecule has 0 radical (unpaired) electrons. The first-order valence-corrected chi connectivity index (χ1v) is 9.56. The van der Waals surface area contributed by atoms with Crippen LogP contribution in [0, 0.1) is 0 Å². The number of hydrogen-bond acceptors (Lipinski definition) is 7. The molecule has 2 aromatic rings. The summed E-state index contributed by atoms with van der Waals surface area (Å²) in [4.78, 5) is 17.1. The van der Waals surface area contributed by atoms with E-state index in [4.69, 9.17) is 20.4 Å². The molecule has 2 aliphatic carbocycles. The lowest BCUT2D eigenvalue weighted by atomic mass is 10.0. The summed E-state index contributed by atoms with van der Waals surface area (Å²) in [6.07, 6.45) is 4.61. The van der Waals surface area contributed by atoms with Gasteiger partial charge in [-0.05, 0) is 61.0 Å². The van der Waals surface area contributed by atoms with Crippen LogP contribution in [0.4, 0.5) is 19.1 Å². The Morgan fingerprint density at radius 2 is 1.79 bits per heavy atom. The molecular weight excluding hydrogens is 397 g/mol. The molecular formula is C17H19F3N4O3S. The smallest absolute Gasteiger partial charge is 0.475 e. The predicted octanol–water partition coefficient (Wildman–Crippen LogP) is 3.74. The van der Waals surface area contributed by atoms with Crippen LogP contribution in [0.1, 0.15) is 55.1 Å². The number of ether oxygens (including phenoxy) is 1. The van der Waals surface area contributed by atoms with Crippen molar-refractivity contribution < 1.29 is 27.8 Å². The van der Waals surface area contributed by atoms with Gasteiger partial charge in [0, 0.05) is 23.3 Å². The summed E-state index contributed by atoms with van der Waals surface area (Å²) in [5, 5.41) is 9.27. The Bertz CT molecular complexity index is 809. The third-order valence-corrected chi connectivity index (χ3v) is 5.28. The average molecular weight is 416 g/mol. The highest BCUT2D eigenvalue weighted by Gasteiger charge is 2.38. The molecule has 152 valence electrons. The largest absolute Gasteiger partial charge is 0.490 e. The lowest BCUT2D eigenvalue weighted by molar-refractivity contribution is -0.192. The van der Waals surface area contributed by atoms with E-state index in [1.165, 1.54) is 29.9 Å². The number of rotatable bonds is 4. The summed E-state index contributed by atoms with van der Waals surface area (Å²) in [7, 11) is 0. The van der Waals surface area contributed by atoms with E-state index in [1.807, 2.05) is 12.4 Å². The molecule has 0 aliphatic heterocycles. The fraction of sp³-hybridized carbons (Fsp3) is 0.529. The highest BCUT2D eigenvalue weighted by Crippen LogP contribution is 2.46. The number of halogens is 3.